The van der Waals surface area contributed by atoms with E-state index in [2.05, 4.69) is 34.7 Å². The van der Waals surface area contributed by atoms with Crippen LogP contribution in [0.4, 0.5) is 0 Å². The molecule has 0 saturated carbocycles. The molecule has 0 spiro atoms. The highest BCUT2D eigenvalue weighted by molar-refractivity contribution is 9.10. The monoisotopic (exact) mass is 297 g/mol. The SMILES string of the molecule is C=CC(C)(CCOc1cccc(Br)c1)CNC. The molecular weight excluding hydrogens is 278 g/mol. The van der Waals surface area contributed by atoms with Gasteiger partial charge in [-0.2, -0.15) is 0 Å². The summed E-state index contributed by atoms with van der Waals surface area (Å²) in [5, 5.41) is 3.18. The molecule has 0 aliphatic carbocycles. The second-order valence-electron chi connectivity index (χ2n) is 4.44. The Labute approximate surface area is 112 Å². The van der Waals surface area contributed by atoms with Gasteiger partial charge in [0.2, 0.25) is 0 Å². The van der Waals surface area contributed by atoms with Gasteiger partial charge < -0.3 is 10.1 Å². The number of halogens is 1. The predicted octanol–water partition coefficient (Wildman–Crippen LogP) is 3.63. The van der Waals surface area contributed by atoms with Gasteiger partial charge in [-0.25, -0.2) is 0 Å². The first-order valence-electron chi connectivity index (χ1n) is 5.76. The molecule has 0 amide bonds. The van der Waals surface area contributed by atoms with Crippen molar-refractivity contribution in [3.63, 3.8) is 0 Å². The molecular formula is C14H20BrNO. The fraction of sp³-hybridized carbons (Fsp3) is 0.429. The normalized spacial score (nSPS) is 14.1. The van der Waals surface area contributed by atoms with Crippen LogP contribution in [-0.4, -0.2) is 20.2 Å². The topological polar surface area (TPSA) is 21.3 Å². The van der Waals surface area contributed by atoms with Gasteiger partial charge in [0.05, 0.1) is 6.61 Å². The van der Waals surface area contributed by atoms with Crippen LogP contribution in [0.2, 0.25) is 0 Å². The highest BCUT2D eigenvalue weighted by Gasteiger charge is 2.18. The summed E-state index contributed by atoms with van der Waals surface area (Å²) in [6.45, 7) is 7.68. The summed E-state index contributed by atoms with van der Waals surface area (Å²) in [6, 6.07) is 7.90. The lowest BCUT2D eigenvalue weighted by Gasteiger charge is -2.25. The summed E-state index contributed by atoms with van der Waals surface area (Å²) in [5.74, 6) is 0.898. The Bertz CT molecular complexity index is 367. The van der Waals surface area contributed by atoms with Crippen molar-refractivity contribution in [1.29, 1.82) is 0 Å². The molecule has 0 aromatic heterocycles. The lowest BCUT2D eigenvalue weighted by atomic mass is 9.87. The van der Waals surface area contributed by atoms with Crippen molar-refractivity contribution in [1.82, 2.24) is 5.32 Å². The number of nitrogens with one attached hydrogen (secondary N) is 1. The van der Waals surface area contributed by atoms with Gasteiger partial charge in [0.25, 0.3) is 0 Å². The second-order valence-corrected chi connectivity index (χ2v) is 5.36. The lowest BCUT2D eigenvalue weighted by Crippen LogP contribution is -2.29. The molecule has 0 bridgehead atoms. The third-order valence-electron chi connectivity index (χ3n) is 2.81. The lowest BCUT2D eigenvalue weighted by molar-refractivity contribution is 0.247. The van der Waals surface area contributed by atoms with Crippen molar-refractivity contribution < 1.29 is 4.74 Å². The molecule has 1 aromatic carbocycles. The van der Waals surface area contributed by atoms with E-state index in [1.165, 1.54) is 0 Å². The van der Waals surface area contributed by atoms with E-state index in [1.807, 2.05) is 37.4 Å². The molecule has 17 heavy (non-hydrogen) atoms. The first-order valence-corrected chi connectivity index (χ1v) is 6.55. The predicted molar refractivity (Wildman–Crippen MR) is 76.5 cm³/mol. The summed E-state index contributed by atoms with van der Waals surface area (Å²) in [4.78, 5) is 0. The van der Waals surface area contributed by atoms with Crippen LogP contribution in [0.1, 0.15) is 13.3 Å². The van der Waals surface area contributed by atoms with Crippen LogP contribution in [0.3, 0.4) is 0 Å². The zero-order valence-corrected chi connectivity index (χ0v) is 12.1. The summed E-state index contributed by atoms with van der Waals surface area (Å²) < 4.78 is 6.76. The van der Waals surface area contributed by atoms with Crippen molar-refractivity contribution in [3.05, 3.63) is 41.4 Å². The quantitative estimate of drug-likeness (QED) is 0.776. The molecule has 0 aliphatic rings. The first kappa shape index (κ1) is 14.3. The fourth-order valence-electron chi connectivity index (χ4n) is 1.63. The average molecular weight is 298 g/mol. The van der Waals surface area contributed by atoms with Gasteiger partial charge in [0.15, 0.2) is 0 Å². The Kier molecular flexibility index (Phi) is 5.72. The summed E-state index contributed by atoms with van der Waals surface area (Å²) >= 11 is 3.43. The van der Waals surface area contributed by atoms with E-state index in [1.54, 1.807) is 0 Å². The van der Waals surface area contributed by atoms with E-state index in [9.17, 15) is 0 Å². The smallest absolute Gasteiger partial charge is 0.120 e. The fourth-order valence-corrected chi connectivity index (χ4v) is 2.00. The molecule has 1 unspecified atom stereocenters. The van der Waals surface area contributed by atoms with Gasteiger partial charge >= 0.3 is 0 Å². The molecule has 3 heteroatoms. The molecule has 0 saturated heterocycles. The molecule has 1 N–H and O–H groups in total. The van der Waals surface area contributed by atoms with Crippen LogP contribution >= 0.6 is 15.9 Å². The molecule has 2 nitrogen and oxygen atoms in total. The number of rotatable bonds is 7. The third-order valence-corrected chi connectivity index (χ3v) is 3.30. The van der Waals surface area contributed by atoms with Crippen LogP contribution in [0.25, 0.3) is 0 Å². The van der Waals surface area contributed by atoms with Crippen molar-refractivity contribution >= 4 is 15.9 Å². The first-order chi connectivity index (χ1) is 8.09. The maximum Gasteiger partial charge on any atom is 0.120 e. The number of ether oxygens (including phenoxy) is 1. The minimum atomic E-state index is 0.0841. The maximum atomic E-state index is 5.73. The van der Waals surface area contributed by atoms with E-state index >= 15 is 0 Å². The van der Waals surface area contributed by atoms with E-state index in [0.717, 1.165) is 23.2 Å². The number of benzene rings is 1. The minimum Gasteiger partial charge on any atom is -0.494 e. The van der Waals surface area contributed by atoms with Crippen molar-refractivity contribution in [3.8, 4) is 5.75 Å². The van der Waals surface area contributed by atoms with Crippen molar-refractivity contribution in [2.24, 2.45) is 5.41 Å². The molecule has 1 aromatic rings. The molecule has 0 fully saturated rings. The van der Waals surface area contributed by atoms with E-state index in [-0.39, 0.29) is 5.41 Å². The van der Waals surface area contributed by atoms with Crippen LogP contribution in [-0.2, 0) is 0 Å². The Morgan fingerprint density at radius 2 is 2.29 bits per heavy atom. The highest BCUT2D eigenvalue weighted by Crippen LogP contribution is 2.23. The van der Waals surface area contributed by atoms with Gasteiger partial charge in [0, 0.05) is 16.4 Å². The molecule has 1 atom stereocenters. The Morgan fingerprint density at radius 3 is 2.88 bits per heavy atom. The van der Waals surface area contributed by atoms with Gasteiger partial charge in [-0.15, -0.1) is 6.58 Å². The Balaban J connectivity index is 2.44. The summed E-state index contributed by atoms with van der Waals surface area (Å²) in [6.07, 6.45) is 2.94. The van der Waals surface area contributed by atoms with Crippen LogP contribution < -0.4 is 10.1 Å². The third kappa shape index (κ3) is 4.92. The molecule has 0 radical (unpaired) electrons. The van der Waals surface area contributed by atoms with E-state index in [4.69, 9.17) is 4.74 Å². The van der Waals surface area contributed by atoms with E-state index < -0.39 is 0 Å². The Hall–Kier alpha value is -0.800. The zero-order chi connectivity index (χ0) is 12.7. The van der Waals surface area contributed by atoms with Crippen LogP contribution in [0.15, 0.2) is 41.4 Å². The van der Waals surface area contributed by atoms with Crippen molar-refractivity contribution in [2.45, 2.75) is 13.3 Å². The minimum absolute atomic E-state index is 0.0841. The molecule has 0 heterocycles. The second kappa shape index (κ2) is 6.82. The molecule has 0 aliphatic heterocycles. The Morgan fingerprint density at radius 1 is 1.53 bits per heavy atom. The van der Waals surface area contributed by atoms with Crippen LogP contribution in [0.5, 0.6) is 5.75 Å². The molecule has 94 valence electrons. The summed E-state index contributed by atoms with van der Waals surface area (Å²) in [7, 11) is 1.96. The zero-order valence-electron chi connectivity index (χ0n) is 10.5. The highest BCUT2D eigenvalue weighted by atomic mass is 79.9. The number of hydrogen-bond acceptors (Lipinski definition) is 2. The van der Waals surface area contributed by atoms with Gasteiger partial charge in [-0.1, -0.05) is 35.0 Å². The van der Waals surface area contributed by atoms with Gasteiger partial charge in [-0.05, 0) is 31.7 Å². The number of hydrogen-bond donors (Lipinski definition) is 1. The average Bonchev–Trinajstić information content (AvgIpc) is 2.29. The molecule has 1 rings (SSSR count). The van der Waals surface area contributed by atoms with Crippen LogP contribution in [0, 0.1) is 5.41 Å². The van der Waals surface area contributed by atoms with Crippen molar-refractivity contribution in [2.75, 3.05) is 20.2 Å². The van der Waals surface area contributed by atoms with Gasteiger partial charge in [-0.3, -0.25) is 0 Å². The largest absolute Gasteiger partial charge is 0.494 e. The van der Waals surface area contributed by atoms with Gasteiger partial charge in [0.1, 0.15) is 5.75 Å². The maximum absolute atomic E-state index is 5.73. The van der Waals surface area contributed by atoms with E-state index in [0.29, 0.717) is 6.61 Å². The standard InChI is InChI=1S/C14H20BrNO/c1-4-14(2,11-16-3)8-9-17-13-7-5-6-12(15)10-13/h4-7,10,16H,1,8-9,11H2,2-3H3. The summed E-state index contributed by atoms with van der Waals surface area (Å²) in [5.41, 5.74) is 0.0841.